The van der Waals surface area contributed by atoms with E-state index in [-0.39, 0.29) is 40.8 Å². The smallest absolute Gasteiger partial charge is 0.187 e. The molecule has 53 heavy (non-hydrogen) atoms. The molecule has 3 heterocycles. The summed E-state index contributed by atoms with van der Waals surface area (Å²) in [7, 11) is 1.76. The summed E-state index contributed by atoms with van der Waals surface area (Å²) >= 11 is 0. The Kier molecular flexibility index (Phi) is 11.5. The van der Waals surface area contributed by atoms with Crippen LogP contribution in [0, 0.1) is 52.3 Å². The number of aliphatic hydroxyl groups excluding tert-OH is 7. The second kappa shape index (κ2) is 15.0. The largest absolute Gasteiger partial charge is 0.394 e. The molecule has 7 aliphatic rings. The van der Waals surface area contributed by atoms with Gasteiger partial charge in [-0.3, -0.25) is 0 Å². The van der Waals surface area contributed by atoms with Crippen molar-refractivity contribution in [1.29, 1.82) is 0 Å². The zero-order valence-electron chi connectivity index (χ0n) is 32.7. The van der Waals surface area contributed by atoms with Crippen LogP contribution in [0.1, 0.15) is 99.3 Å². The fourth-order valence-corrected chi connectivity index (χ4v) is 12.9. The molecule has 3 saturated heterocycles. The Morgan fingerprint density at radius 1 is 0.755 bits per heavy atom. The van der Waals surface area contributed by atoms with Gasteiger partial charge in [-0.2, -0.15) is 0 Å². The van der Waals surface area contributed by atoms with Gasteiger partial charge in [0.25, 0.3) is 0 Å². The van der Waals surface area contributed by atoms with Crippen LogP contribution in [0.5, 0.6) is 0 Å². The summed E-state index contributed by atoms with van der Waals surface area (Å²) in [6, 6.07) is 0. The molecule has 0 amide bonds. The molecule has 0 bridgehead atoms. The minimum absolute atomic E-state index is 0.0319. The fraction of sp³-hybridized carbons (Fsp3) is 1.00. The molecule has 17 unspecified atom stereocenters. The van der Waals surface area contributed by atoms with Gasteiger partial charge in [-0.25, -0.2) is 0 Å². The van der Waals surface area contributed by atoms with Crippen molar-refractivity contribution in [1.82, 2.24) is 0 Å². The molecule has 306 valence electrons. The third kappa shape index (κ3) is 6.57. The van der Waals surface area contributed by atoms with Crippen molar-refractivity contribution in [3.63, 3.8) is 0 Å². The average molecular weight is 757 g/mol. The third-order valence-corrected chi connectivity index (χ3v) is 16.0. The van der Waals surface area contributed by atoms with E-state index in [1.165, 1.54) is 6.92 Å². The van der Waals surface area contributed by atoms with Gasteiger partial charge in [0.1, 0.15) is 42.7 Å². The SMILES string of the molecule is CO[C@]1(CCC(C)C)OC2C(O)C3C4CC[C@@H]5CC(OC6OC(CO)C(O)C(O)C6OC6OC(C)C(O)C(O)[C@H]6O)CC[C@]5(C)C4CC[C@]3(C)C2C1C. The van der Waals surface area contributed by atoms with Gasteiger partial charge in [-0.1, -0.05) is 34.6 Å². The van der Waals surface area contributed by atoms with Gasteiger partial charge in [-0.15, -0.1) is 0 Å². The molecule has 0 aromatic heterocycles. The van der Waals surface area contributed by atoms with Crippen LogP contribution < -0.4 is 0 Å². The summed E-state index contributed by atoms with van der Waals surface area (Å²) in [5, 5.41) is 75.2. The molecule has 4 aliphatic carbocycles. The van der Waals surface area contributed by atoms with Gasteiger partial charge in [0, 0.05) is 25.4 Å². The van der Waals surface area contributed by atoms with E-state index in [0.29, 0.717) is 23.7 Å². The van der Waals surface area contributed by atoms with Gasteiger partial charge in [0.2, 0.25) is 0 Å². The zero-order valence-corrected chi connectivity index (χ0v) is 32.7. The topological polar surface area (TPSA) is 197 Å². The van der Waals surface area contributed by atoms with Crippen LogP contribution in [-0.4, -0.2) is 135 Å². The minimum atomic E-state index is -1.62. The summed E-state index contributed by atoms with van der Waals surface area (Å²) in [6.45, 7) is 12.6. The van der Waals surface area contributed by atoms with Gasteiger partial charge >= 0.3 is 0 Å². The lowest BCUT2D eigenvalue weighted by Gasteiger charge is -2.61. The van der Waals surface area contributed by atoms with Crippen molar-refractivity contribution in [3.05, 3.63) is 0 Å². The van der Waals surface area contributed by atoms with Gasteiger partial charge < -0.3 is 64.2 Å². The maximum absolute atomic E-state index is 12.2. The highest BCUT2D eigenvalue weighted by molar-refractivity contribution is 5.18. The summed E-state index contributed by atoms with van der Waals surface area (Å²) in [6.07, 6.45) is -6.01. The molecule has 4 saturated carbocycles. The van der Waals surface area contributed by atoms with E-state index >= 15 is 0 Å². The Morgan fingerprint density at radius 3 is 2.15 bits per heavy atom. The zero-order chi connectivity index (χ0) is 38.4. The van der Waals surface area contributed by atoms with Crippen molar-refractivity contribution in [2.75, 3.05) is 13.7 Å². The molecule has 7 rings (SSSR count). The van der Waals surface area contributed by atoms with Crippen LogP contribution in [0.15, 0.2) is 0 Å². The van der Waals surface area contributed by atoms with Crippen LogP contribution in [0.3, 0.4) is 0 Å². The van der Waals surface area contributed by atoms with Crippen molar-refractivity contribution < 1.29 is 64.2 Å². The van der Waals surface area contributed by atoms with E-state index in [0.717, 1.165) is 57.8 Å². The highest BCUT2D eigenvalue weighted by atomic mass is 16.8. The molecule has 0 aromatic rings. The highest BCUT2D eigenvalue weighted by Crippen LogP contribution is 2.71. The number of fused-ring (bicyclic) bond motifs is 7. The first kappa shape index (κ1) is 40.7. The maximum Gasteiger partial charge on any atom is 0.187 e. The van der Waals surface area contributed by atoms with E-state index in [2.05, 4.69) is 34.6 Å². The van der Waals surface area contributed by atoms with Crippen molar-refractivity contribution in [3.8, 4) is 0 Å². The summed E-state index contributed by atoms with van der Waals surface area (Å²) in [4.78, 5) is 0. The Balaban J connectivity index is 1.04. The second-order valence-corrected chi connectivity index (χ2v) is 19.0. The van der Waals surface area contributed by atoms with E-state index in [4.69, 9.17) is 28.4 Å². The van der Waals surface area contributed by atoms with Crippen LogP contribution in [0.25, 0.3) is 0 Å². The molecule has 0 aromatic carbocycles. The Bertz CT molecular complexity index is 1270. The summed E-state index contributed by atoms with van der Waals surface area (Å²) in [5.41, 5.74) is 0.0250. The van der Waals surface area contributed by atoms with Crippen molar-refractivity contribution >= 4 is 0 Å². The molecule has 7 fully saturated rings. The quantitative estimate of drug-likeness (QED) is 0.169. The molecule has 7 N–H and O–H groups in total. The minimum Gasteiger partial charge on any atom is -0.394 e. The van der Waals surface area contributed by atoms with E-state index in [1.54, 1.807) is 7.11 Å². The molecule has 3 aliphatic heterocycles. The number of hydrogen-bond donors (Lipinski definition) is 7. The number of rotatable bonds is 9. The predicted molar refractivity (Wildman–Crippen MR) is 190 cm³/mol. The molecule has 13 heteroatoms. The first-order chi connectivity index (χ1) is 25.0. The molecule has 22 atom stereocenters. The molecule has 0 radical (unpaired) electrons. The van der Waals surface area contributed by atoms with E-state index < -0.39 is 79.9 Å². The fourth-order valence-electron chi connectivity index (χ4n) is 12.9. The lowest BCUT2D eigenvalue weighted by Crippen LogP contribution is -2.64. The van der Waals surface area contributed by atoms with Gasteiger partial charge in [0.15, 0.2) is 18.4 Å². The lowest BCUT2D eigenvalue weighted by atomic mass is 9.44. The van der Waals surface area contributed by atoms with E-state index in [9.17, 15) is 35.7 Å². The summed E-state index contributed by atoms with van der Waals surface area (Å²) in [5.74, 6) is 1.71. The van der Waals surface area contributed by atoms with E-state index in [1.807, 2.05) is 0 Å². The molecule has 0 spiro atoms. The monoisotopic (exact) mass is 756 g/mol. The second-order valence-electron chi connectivity index (χ2n) is 19.0. The van der Waals surface area contributed by atoms with Crippen LogP contribution in [0.2, 0.25) is 0 Å². The van der Waals surface area contributed by atoms with Crippen LogP contribution in [0.4, 0.5) is 0 Å². The van der Waals surface area contributed by atoms with Crippen LogP contribution >= 0.6 is 0 Å². The standard InChI is InChI=1S/C40H68O13/c1-18(2)10-15-40(48-7)19(3)26-34(53-40)30(44)27-23-9-8-21-16-22(11-13-38(21,5)24(23)12-14-39(26,27)6)50-37-35(32(46)29(43)25(17-41)51-37)52-36-33(47)31(45)28(42)20(4)49-36/h18-37,41-47H,8-17H2,1-7H3/t19?,20?,21-,22?,23?,24?,25?,26?,27?,28?,29?,30?,31?,32?,33-,34?,35?,36?,37?,38+,39-,40-/m1/s1. The Morgan fingerprint density at radius 2 is 1.47 bits per heavy atom. The molecular formula is C40H68O13. The molecular weight excluding hydrogens is 688 g/mol. The lowest BCUT2D eigenvalue weighted by molar-refractivity contribution is -0.371. The number of hydrogen-bond acceptors (Lipinski definition) is 13. The number of ether oxygens (including phenoxy) is 6. The maximum atomic E-state index is 12.2. The molecule has 13 nitrogen and oxygen atoms in total. The first-order valence-corrected chi connectivity index (χ1v) is 20.5. The third-order valence-electron chi connectivity index (χ3n) is 16.0. The summed E-state index contributed by atoms with van der Waals surface area (Å²) < 4.78 is 37.2. The van der Waals surface area contributed by atoms with Gasteiger partial charge in [0.05, 0.1) is 31.0 Å². The van der Waals surface area contributed by atoms with Crippen molar-refractivity contribution in [2.45, 2.75) is 185 Å². The normalized spacial score (nSPS) is 56.8. The highest BCUT2D eigenvalue weighted by Gasteiger charge is 2.72. The number of aliphatic hydroxyl groups is 7. The average Bonchev–Trinajstić information content (AvgIpc) is 3.55. The number of methoxy groups -OCH3 is 1. The van der Waals surface area contributed by atoms with Crippen molar-refractivity contribution in [2.24, 2.45) is 52.3 Å². The Labute approximate surface area is 314 Å². The first-order valence-electron chi connectivity index (χ1n) is 20.5. The Hall–Kier alpha value is -0.520. The van der Waals surface area contributed by atoms with Crippen LogP contribution in [-0.2, 0) is 28.4 Å². The predicted octanol–water partition coefficient (Wildman–Crippen LogP) is 2.08. The van der Waals surface area contributed by atoms with Gasteiger partial charge in [-0.05, 0) is 98.7 Å².